The Morgan fingerprint density at radius 3 is 3.00 bits per heavy atom. The highest BCUT2D eigenvalue weighted by molar-refractivity contribution is 7.98. The minimum absolute atomic E-state index is 0.644. The number of hydrogen-bond donors (Lipinski definition) is 1. The lowest BCUT2D eigenvalue weighted by Gasteiger charge is -2.03. The Kier molecular flexibility index (Phi) is 4.46. The van der Waals surface area contributed by atoms with Crippen LogP contribution in [0, 0.1) is 11.3 Å². The van der Waals surface area contributed by atoms with Crippen LogP contribution in [0.4, 0.5) is 5.69 Å². The van der Waals surface area contributed by atoms with Crippen LogP contribution in [0.25, 0.3) is 5.57 Å². The van der Waals surface area contributed by atoms with Crippen LogP contribution in [-0.2, 0) is 0 Å². The second kappa shape index (κ2) is 6.29. The molecule has 1 heterocycles. The lowest BCUT2D eigenvalue weighted by atomic mass is 10.2. The van der Waals surface area contributed by atoms with Gasteiger partial charge in [-0.05, 0) is 41.3 Å². The van der Waals surface area contributed by atoms with Gasteiger partial charge >= 0.3 is 0 Å². The quantitative estimate of drug-likeness (QED) is 0.660. The first kappa shape index (κ1) is 12.7. The first-order valence-corrected chi connectivity index (χ1v) is 7.53. The Hall–Kier alpha value is -1.70. The zero-order chi connectivity index (χ0) is 12.8. The summed E-state index contributed by atoms with van der Waals surface area (Å²) in [7, 11) is 0. The average Bonchev–Trinajstić information content (AvgIpc) is 2.94. The Morgan fingerprint density at radius 1 is 1.44 bits per heavy atom. The highest BCUT2D eigenvalue weighted by Crippen LogP contribution is 2.21. The van der Waals surface area contributed by atoms with Crippen molar-refractivity contribution in [3.05, 3.63) is 52.9 Å². The maximum absolute atomic E-state index is 9.12. The second-order valence-corrected chi connectivity index (χ2v) is 5.22. The molecule has 1 aromatic carbocycles. The monoisotopic (exact) mass is 272 g/mol. The van der Waals surface area contributed by atoms with Crippen LogP contribution in [0.2, 0.25) is 0 Å². The summed E-state index contributed by atoms with van der Waals surface area (Å²) in [4.78, 5) is 1.20. The topological polar surface area (TPSA) is 35.8 Å². The van der Waals surface area contributed by atoms with E-state index in [1.54, 1.807) is 29.3 Å². The summed E-state index contributed by atoms with van der Waals surface area (Å²) >= 11 is 3.28. The lowest BCUT2D eigenvalue weighted by Crippen LogP contribution is -1.90. The van der Waals surface area contributed by atoms with E-state index >= 15 is 0 Å². The molecule has 2 aromatic rings. The van der Waals surface area contributed by atoms with Crippen molar-refractivity contribution in [1.82, 2.24) is 0 Å². The molecule has 0 aliphatic heterocycles. The third-order valence-corrected chi connectivity index (χ3v) is 3.81. The standard InChI is InChI=1S/C14H12N2S2/c1-17-14-4-2-3-13(7-14)16-9-12(8-15)11-5-6-18-10-11/h2-7,9-10,16H,1H3/b12-9+. The van der Waals surface area contributed by atoms with Gasteiger partial charge in [-0.2, -0.15) is 16.6 Å². The third-order valence-electron chi connectivity index (χ3n) is 2.41. The molecule has 0 saturated heterocycles. The van der Waals surface area contributed by atoms with Crippen LogP contribution < -0.4 is 5.32 Å². The minimum atomic E-state index is 0.644. The van der Waals surface area contributed by atoms with Crippen LogP contribution in [0.5, 0.6) is 0 Å². The number of nitrogens with zero attached hydrogens (tertiary/aromatic N) is 1. The molecule has 1 N–H and O–H groups in total. The zero-order valence-electron chi connectivity index (χ0n) is 9.88. The van der Waals surface area contributed by atoms with E-state index in [9.17, 15) is 0 Å². The smallest absolute Gasteiger partial charge is 0.101 e. The third kappa shape index (κ3) is 3.16. The molecule has 90 valence electrons. The normalized spacial score (nSPS) is 11.0. The van der Waals surface area contributed by atoms with E-state index in [0.29, 0.717) is 5.57 Å². The van der Waals surface area contributed by atoms with Crippen LogP contribution in [-0.4, -0.2) is 6.26 Å². The molecule has 0 spiro atoms. The van der Waals surface area contributed by atoms with Gasteiger partial charge in [-0.15, -0.1) is 11.8 Å². The second-order valence-electron chi connectivity index (χ2n) is 3.56. The summed E-state index contributed by atoms with van der Waals surface area (Å²) in [6.45, 7) is 0. The van der Waals surface area contributed by atoms with E-state index in [1.165, 1.54) is 4.90 Å². The zero-order valence-corrected chi connectivity index (χ0v) is 11.5. The molecule has 4 heteroatoms. The van der Waals surface area contributed by atoms with Crippen molar-refractivity contribution >= 4 is 34.4 Å². The van der Waals surface area contributed by atoms with E-state index in [-0.39, 0.29) is 0 Å². The SMILES string of the molecule is CSc1cccc(N/C=C(\C#N)c2ccsc2)c1. The van der Waals surface area contributed by atoms with Crippen molar-refractivity contribution < 1.29 is 0 Å². The van der Waals surface area contributed by atoms with Crippen molar-refractivity contribution in [2.24, 2.45) is 0 Å². The summed E-state index contributed by atoms with van der Waals surface area (Å²) in [5.41, 5.74) is 2.59. The molecule has 0 atom stereocenters. The summed E-state index contributed by atoms with van der Waals surface area (Å²) in [6.07, 6.45) is 3.79. The summed E-state index contributed by atoms with van der Waals surface area (Å²) < 4.78 is 0. The molecule has 2 nitrogen and oxygen atoms in total. The molecule has 1 aromatic heterocycles. The predicted molar refractivity (Wildman–Crippen MR) is 79.8 cm³/mol. The number of rotatable bonds is 4. The predicted octanol–water partition coefficient (Wildman–Crippen LogP) is 4.45. The van der Waals surface area contributed by atoms with Crippen molar-refractivity contribution in [2.75, 3.05) is 11.6 Å². The maximum Gasteiger partial charge on any atom is 0.101 e. The molecule has 0 bridgehead atoms. The first-order valence-electron chi connectivity index (χ1n) is 5.37. The number of allylic oxidation sites excluding steroid dienone is 1. The van der Waals surface area contributed by atoms with Crippen LogP contribution in [0.15, 0.2) is 52.2 Å². The molecule has 0 aliphatic rings. The molecule has 0 amide bonds. The van der Waals surface area contributed by atoms with Crippen LogP contribution in [0.1, 0.15) is 5.56 Å². The Labute approximate surface area is 115 Å². The van der Waals surface area contributed by atoms with Crippen molar-refractivity contribution in [3.8, 4) is 6.07 Å². The molecular weight excluding hydrogens is 260 g/mol. The number of thioether (sulfide) groups is 1. The van der Waals surface area contributed by atoms with E-state index < -0.39 is 0 Å². The van der Waals surface area contributed by atoms with Gasteiger partial charge in [-0.25, -0.2) is 0 Å². The molecule has 18 heavy (non-hydrogen) atoms. The Balaban J connectivity index is 2.16. The number of hydrogen-bond acceptors (Lipinski definition) is 4. The Bertz CT molecular complexity index is 580. The Morgan fingerprint density at radius 2 is 2.33 bits per heavy atom. The molecule has 2 rings (SSSR count). The fourth-order valence-electron chi connectivity index (χ4n) is 1.47. The number of thiophene rings is 1. The number of anilines is 1. The molecule has 0 unspecified atom stereocenters. The molecule has 0 fully saturated rings. The van der Waals surface area contributed by atoms with E-state index in [1.807, 2.05) is 35.2 Å². The van der Waals surface area contributed by atoms with Crippen molar-refractivity contribution in [1.29, 1.82) is 5.26 Å². The number of nitrogens with one attached hydrogen (secondary N) is 1. The van der Waals surface area contributed by atoms with Gasteiger partial charge < -0.3 is 5.32 Å². The van der Waals surface area contributed by atoms with Gasteiger partial charge in [0.2, 0.25) is 0 Å². The van der Waals surface area contributed by atoms with Gasteiger partial charge in [0.25, 0.3) is 0 Å². The highest BCUT2D eigenvalue weighted by atomic mass is 32.2. The van der Waals surface area contributed by atoms with Crippen molar-refractivity contribution in [2.45, 2.75) is 4.90 Å². The van der Waals surface area contributed by atoms with E-state index in [0.717, 1.165) is 11.3 Å². The van der Waals surface area contributed by atoms with E-state index in [4.69, 9.17) is 5.26 Å². The van der Waals surface area contributed by atoms with Gasteiger partial charge in [-0.1, -0.05) is 6.07 Å². The average molecular weight is 272 g/mol. The van der Waals surface area contributed by atoms with E-state index in [2.05, 4.69) is 23.5 Å². The van der Waals surface area contributed by atoms with Gasteiger partial charge in [-0.3, -0.25) is 0 Å². The van der Waals surface area contributed by atoms with Crippen LogP contribution >= 0.6 is 23.1 Å². The first-order chi connectivity index (χ1) is 8.83. The van der Waals surface area contributed by atoms with Gasteiger partial charge in [0, 0.05) is 22.3 Å². The van der Waals surface area contributed by atoms with Crippen molar-refractivity contribution in [3.63, 3.8) is 0 Å². The lowest BCUT2D eigenvalue weighted by molar-refractivity contribution is 1.44. The van der Waals surface area contributed by atoms with Gasteiger partial charge in [0.15, 0.2) is 0 Å². The molecule has 0 saturated carbocycles. The number of nitriles is 1. The fraction of sp³-hybridized carbons (Fsp3) is 0.0714. The highest BCUT2D eigenvalue weighted by Gasteiger charge is 2.00. The number of benzene rings is 1. The van der Waals surface area contributed by atoms with Crippen LogP contribution in [0.3, 0.4) is 0 Å². The fourth-order valence-corrected chi connectivity index (χ4v) is 2.58. The summed E-state index contributed by atoms with van der Waals surface area (Å²) in [5, 5.41) is 16.2. The summed E-state index contributed by atoms with van der Waals surface area (Å²) in [5.74, 6) is 0. The van der Waals surface area contributed by atoms with Gasteiger partial charge in [0.05, 0.1) is 5.57 Å². The largest absolute Gasteiger partial charge is 0.360 e. The molecule has 0 radical (unpaired) electrons. The van der Waals surface area contributed by atoms with Gasteiger partial charge in [0.1, 0.15) is 6.07 Å². The summed E-state index contributed by atoms with van der Waals surface area (Å²) in [6, 6.07) is 12.2. The maximum atomic E-state index is 9.12. The molecular formula is C14H12N2S2. The minimum Gasteiger partial charge on any atom is -0.360 e. The molecule has 0 aliphatic carbocycles.